The second kappa shape index (κ2) is 9.31. The Hall–Kier alpha value is -2.53. The van der Waals surface area contributed by atoms with Gasteiger partial charge in [-0.05, 0) is 57.4 Å². The molecule has 2 aromatic carbocycles. The lowest BCUT2D eigenvalue weighted by molar-refractivity contribution is -0.113. The minimum absolute atomic E-state index is 0.0288. The monoisotopic (exact) mass is 473 g/mol. The van der Waals surface area contributed by atoms with E-state index in [-0.39, 0.29) is 17.7 Å². The van der Waals surface area contributed by atoms with E-state index in [0.717, 1.165) is 28.8 Å². The SMILES string of the molecule is CC(c1nnc(SCC(=O)Nc2cccc3nsnc23)n1-c1ccc(Cl)cc1)N(C)C. The van der Waals surface area contributed by atoms with Crippen LogP contribution in [0.3, 0.4) is 0 Å². The van der Waals surface area contributed by atoms with Gasteiger partial charge in [0.05, 0.1) is 29.2 Å². The lowest BCUT2D eigenvalue weighted by Gasteiger charge is -2.20. The predicted molar refractivity (Wildman–Crippen MR) is 125 cm³/mol. The number of halogens is 1. The number of hydrogen-bond donors (Lipinski definition) is 1. The van der Waals surface area contributed by atoms with Gasteiger partial charge in [0.2, 0.25) is 5.91 Å². The minimum Gasteiger partial charge on any atom is -0.323 e. The van der Waals surface area contributed by atoms with Crippen molar-refractivity contribution in [3.05, 3.63) is 53.3 Å². The number of amides is 1. The van der Waals surface area contributed by atoms with Gasteiger partial charge in [0.15, 0.2) is 11.0 Å². The van der Waals surface area contributed by atoms with Gasteiger partial charge < -0.3 is 5.32 Å². The van der Waals surface area contributed by atoms with Crippen molar-refractivity contribution < 1.29 is 4.79 Å². The predicted octanol–water partition coefficient (Wildman–Crippen LogP) is 4.28. The summed E-state index contributed by atoms with van der Waals surface area (Å²) in [4.78, 5) is 14.7. The zero-order chi connectivity index (χ0) is 22.0. The lowest BCUT2D eigenvalue weighted by Crippen LogP contribution is -2.21. The van der Waals surface area contributed by atoms with Crippen LogP contribution in [0.5, 0.6) is 0 Å². The summed E-state index contributed by atoms with van der Waals surface area (Å²) in [5.41, 5.74) is 3.00. The number of fused-ring (bicyclic) bond motifs is 1. The summed E-state index contributed by atoms with van der Waals surface area (Å²) in [7, 11) is 3.97. The van der Waals surface area contributed by atoms with E-state index in [1.54, 1.807) is 0 Å². The van der Waals surface area contributed by atoms with Crippen molar-refractivity contribution in [1.82, 2.24) is 28.4 Å². The van der Waals surface area contributed by atoms with Crippen LogP contribution in [0.15, 0.2) is 47.6 Å². The van der Waals surface area contributed by atoms with Crippen molar-refractivity contribution in [3.8, 4) is 5.69 Å². The maximum atomic E-state index is 12.6. The highest BCUT2D eigenvalue weighted by atomic mass is 35.5. The number of hydrogen-bond acceptors (Lipinski definition) is 8. The van der Waals surface area contributed by atoms with Crippen molar-refractivity contribution >= 4 is 57.7 Å². The number of carbonyl (C=O) groups excluding carboxylic acids is 1. The molecule has 1 N–H and O–H groups in total. The third-order valence-electron chi connectivity index (χ3n) is 4.78. The number of nitrogens with one attached hydrogen (secondary N) is 1. The van der Waals surface area contributed by atoms with Crippen LogP contribution in [0.25, 0.3) is 16.7 Å². The number of nitrogens with zero attached hydrogens (tertiary/aromatic N) is 6. The molecule has 0 fully saturated rings. The van der Waals surface area contributed by atoms with Crippen LogP contribution in [0, 0.1) is 0 Å². The standard InChI is InChI=1S/C20H20ClN7OS2/c1-12(27(2)3)19-23-24-20(28(19)14-9-7-13(21)8-10-14)30-11-17(29)22-15-5-4-6-16-18(15)26-31-25-16/h4-10,12H,11H2,1-3H3,(H,22,29). The number of aromatic nitrogens is 5. The smallest absolute Gasteiger partial charge is 0.234 e. The molecule has 31 heavy (non-hydrogen) atoms. The second-order valence-electron chi connectivity index (χ2n) is 7.07. The van der Waals surface area contributed by atoms with Gasteiger partial charge >= 0.3 is 0 Å². The summed E-state index contributed by atoms with van der Waals surface area (Å²) >= 11 is 8.51. The maximum Gasteiger partial charge on any atom is 0.234 e. The summed E-state index contributed by atoms with van der Waals surface area (Å²) < 4.78 is 10.4. The van der Waals surface area contributed by atoms with E-state index in [4.69, 9.17) is 11.6 Å². The molecule has 160 valence electrons. The van der Waals surface area contributed by atoms with Crippen molar-refractivity contribution in [2.45, 2.75) is 18.1 Å². The van der Waals surface area contributed by atoms with Crippen LogP contribution in [-0.4, -0.2) is 54.2 Å². The molecule has 0 saturated carbocycles. The highest BCUT2D eigenvalue weighted by molar-refractivity contribution is 7.99. The maximum absolute atomic E-state index is 12.6. The van der Waals surface area contributed by atoms with Crippen molar-refractivity contribution in [1.29, 1.82) is 0 Å². The van der Waals surface area contributed by atoms with Crippen LogP contribution >= 0.6 is 35.1 Å². The van der Waals surface area contributed by atoms with Gasteiger partial charge in [0.25, 0.3) is 0 Å². The molecule has 0 radical (unpaired) electrons. The molecule has 2 heterocycles. The highest BCUT2D eigenvalue weighted by Gasteiger charge is 2.21. The first-order valence-electron chi connectivity index (χ1n) is 9.45. The molecule has 11 heteroatoms. The second-order valence-corrected chi connectivity index (χ2v) is 8.97. The summed E-state index contributed by atoms with van der Waals surface area (Å²) in [5, 5.41) is 13.0. The Balaban J connectivity index is 1.56. The molecule has 1 amide bonds. The first-order chi connectivity index (χ1) is 14.9. The fourth-order valence-corrected chi connectivity index (χ4v) is 4.37. The molecular formula is C20H20ClN7OS2. The quantitative estimate of drug-likeness (QED) is 0.401. The number of anilines is 1. The van der Waals surface area contributed by atoms with Crippen LogP contribution in [-0.2, 0) is 4.79 Å². The number of benzene rings is 2. The Labute approximate surface area is 193 Å². The van der Waals surface area contributed by atoms with E-state index in [2.05, 4.69) is 36.1 Å². The molecule has 2 aromatic heterocycles. The minimum atomic E-state index is -0.154. The highest BCUT2D eigenvalue weighted by Crippen LogP contribution is 2.28. The van der Waals surface area contributed by atoms with Crippen molar-refractivity contribution in [2.75, 3.05) is 25.2 Å². The van der Waals surface area contributed by atoms with Gasteiger partial charge in [-0.25, -0.2) is 0 Å². The molecule has 0 aliphatic rings. The Kier molecular flexibility index (Phi) is 6.51. The average Bonchev–Trinajstić information content (AvgIpc) is 3.40. The summed E-state index contributed by atoms with van der Waals surface area (Å²) in [5.74, 6) is 0.808. The van der Waals surface area contributed by atoms with E-state index >= 15 is 0 Å². The topological polar surface area (TPSA) is 88.8 Å². The van der Waals surface area contributed by atoms with Crippen LogP contribution in [0.1, 0.15) is 18.8 Å². The zero-order valence-electron chi connectivity index (χ0n) is 17.1. The normalized spacial score (nSPS) is 12.4. The van der Waals surface area contributed by atoms with Gasteiger partial charge in [-0.3, -0.25) is 14.3 Å². The van der Waals surface area contributed by atoms with Crippen molar-refractivity contribution in [3.63, 3.8) is 0 Å². The van der Waals surface area contributed by atoms with Crippen LogP contribution in [0.4, 0.5) is 5.69 Å². The number of rotatable bonds is 7. The molecule has 8 nitrogen and oxygen atoms in total. The van der Waals surface area contributed by atoms with E-state index in [0.29, 0.717) is 21.4 Å². The molecule has 0 bridgehead atoms. The Morgan fingerprint density at radius 1 is 1.19 bits per heavy atom. The van der Waals surface area contributed by atoms with Crippen LogP contribution in [0.2, 0.25) is 5.02 Å². The van der Waals surface area contributed by atoms with Gasteiger partial charge in [0.1, 0.15) is 11.0 Å². The van der Waals surface area contributed by atoms with Gasteiger partial charge in [-0.1, -0.05) is 29.4 Å². The van der Waals surface area contributed by atoms with Gasteiger partial charge in [-0.2, -0.15) is 8.75 Å². The summed E-state index contributed by atoms with van der Waals surface area (Å²) in [6.07, 6.45) is 0. The Bertz CT molecular complexity index is 1210. The molecule has 1 unspecified atom stereocenters. The summed E-state index contributed by atoms with van der Waals surface area (Å²) in [6.45, 7) is 2.06. The molecule has 4 aromatic rings. The average molecular weight is 474 g/mol. The van der Waals surface area contributed by atoms with E-state index in [9.17, 15) is 4.79 Å². The Morgan fingerprint density at radius 2 is 1.97 bits per heavy atom. The first kappa shape index (κ1) is 21.7. The third kappa shape index (κ3) is 4.72. The van der Waals surface area contributed by atoms with Gasteiger partial charge in [0, 0.05) is 10.7 Å². The molecule has 1 atom stereocenters. The zero-order valence-corrected chi connectivity index (χ0v) is 19.5. The molecule has 4 rings (SSSR count). The fraction of sp³-hybridized carbons (Fsp3) is 0.250. The van der Waals surface area contributed by atoms with Gasteiger partial charge in [-0.15, -0.1) is 10.2 Å². The number of carbonyl (C=O) groups is 1. The van der Waals surface area contributed by atoms with E-state index in [1.165, 1.54) is 11.8 Å². The largest absolute Gasteiger partial charge is 0.323 e. The summed E-state index contributed by atoms with van der Waals surface area (Å²) in [6, 6.07) is 13.0. The lowest BCUT2D eigenvalue weighted by atomic mass is 10.2. The van der Waals surface area contributed by atoms with Crippen molar-refractivity contribution in [2.24, 2.45) is 0 Å². The number of thioether (sulfide) groups is 1. The van der Waals surface area contributed by atoms with Crippen LogP contribution < -0.4 is 5.32 Å². The Morgan fingerprint density at radius 3 is 2.71 bits per heavy atom. The van der Waals surface area contributed by atoms with E-state index < -0.39 is 0 Å². The van der Waals surface area contributed by atoms with E-state index in [1.807, 2.05) is 61.1 Å². The molecule has 0 aliphatic carbocycles. The molecule has 0 saturated heterocycles. The first-order valence-corrected chi connectivity index (χ1v) is 11.5. The fourth-order valence-electron chi connectivity index (χ4n) is 2.93. The molecule has 0 spiro atoms. The molecule has 0 aliphatic heterocycles. The molecular weight excluding hydrogens is 454 g/mol. The third-order valence-corrected chi connectivity index (χ3v) is 6.51.